The van der Waals surface area contributed by atoms with Crippen LogP contribution in [0.3, 0.4) is 0 Å². The quantitative estimate of drug-likeness (QED) is 0.755. The highest BCUT2D eigenvalue weighted by Gasteiger charge is 2.07. The van der Waals surface area contributed by atoms with Crippen LogP contribution < -0.4 is 10.1 Å². The lowest BCUT2D eigenvalue weighted by molar-refractivity contribution is 0.0950. The Morgan fingerprint density at radius 3 is 2.67 bits per heavy atom. The van der Waals surface area contributed by atoms with Crippen molar-refractivity contribution in [2.45, 2.75) is 20.1 Å². The van der Waals surface area contributed by atoms with E-state index in [4.69, 9.17) is 9.26 Å². The Kier molecular flexibility index (Phi) is 4.86. The van der Waals surface area contributed by atoms with Crippen LogP contribution in [0.15, 0.2) is 59.3 Å². The standard InChI is InChI=1S/C18H17N3O3/c1-13-10-16(21-24-13)11-20-18(22)14-5-7-17(8-6-14)23-12-15-4-2-3-9-19-15/h2-10H,11-12H2,1H3,(H,20,22). The van der Waals surface area contributed by atoms with Crippen LogP contribution in [-0.4, -0.2) is 16.0 Å². The molecule has 1 aromatic carbocycles. The zero-order valence-electron chi connectivity index (χ0n) is 13.2. The minimum absolute atomic E-state index is 0.174. The summed E-state index contributed by atoms with van der Waals surface area (Å²) in [5.74, 6) is 1.23. The molecule has 0 aliphatic rings. The van der Waals surface area contributed by atoms with Crippen molar-refractivity contribution >= 4 is 5.91 Å². The molecule has 6 nitrogen and oxygen atoms in total. The number of nitrogens with one attached hydrogen (secondary N) is 1. The minimum atomic E-state index is -0.174. The average Bonchev–Trinajstić information content (AvgIpc) is 3.04. The Labute approximate surface area is 139 Å². The number of carbonyl (C=O) groups is 1. The lowest BCUT2D eigenvalue weighted by Crippen LogP contribution is -2.22. The van der Waals surface area contributed by atoms with Crippen LogP contribution in [0.1, 0.15) is 27.5 Å². The van der Waals surface area contributed by atoms with E-state index in [2.05, 4.69) is 15.5 Å². The molecule has 1 amide bonds. The van der Waals surface area contributed by atoms with Crippen molar-refractivity contribution < 1.29 is 14.1 Å². The first-order chi connectivity index (χ1) is 11.7. The molecule has 2 aromatic heterocycles. The molecule has 0 aliphatic heterocycles. The lowest BCUT2D eigenvalue weighted by atomic mass is 10.2. The van der Waals surface area contributed by atoms with Gasteiger partial charge in [0.1, 0.15) is 23.8 Å². The zero-order chi connectivity index (χ0) is 16.8. The number of hydrogen-bond acceptors (Lipinski definition) is 5. The molecule has 0 saturated heterocycles. The van der Waals surface area contributed by atoms with Gasteiger partial charge in [0, 0.05) is 17.8 Å². The first-order valence-electron chi connectivity index (χ1n) is 7.54. The molecule has 0 aliphatic carbocycles. The third kappa shape index (κ3) is 4.19. The highest BCUT2D eigenvalue weighted by atomic mass is 16.5. The Hall–Kier alpha value is -3.15. The van der Waals surface area contributed by atoms with Gasteiger partial charge in [-0.05, 0) is 43.3 Å². The van der Waals surface area contributed by atoms with Gasteiger partial charge in [0.15, 0.2) is 0 Å². The smallest absolute Gasteiger partial charge is 0.251 e. The van der Waals surface area contributed by atoms with E-state index in [-0.39, 0.29) is 5.91 Å². The molecule has 0 saturated carbocycles. The summed E-state index contributed by atoms with van der Waals surface area (Å²) in [6.45, 7) is 2.52. The van der Waals surface area contributed by atoms with Gasteiger partial charge in [0.2, 0.25) is 0 Å². The number of ether oxygens (including phenoxy) is 1. The SMILES string of the molecule is Cc1cc(CNC(=O)c2ccc(OCc3ccccn3)cc2)no1. The number of nitrogens with zero attached hydrogens (tertiary/aromatic N) is 2. The number of benzene rings is 1. The fourth-order valence-corrected chi connectivity index (χ4v) is 2.12. The van der Waals surface area contributed by atoms with Gasteiger partial charge >= 0.3 is 0 Å². The Morgan fingerprint density at radius 1 is 1.17 bits per heavy atom. The van der Waals surface area contributed by atoms with Crippen LogP contribution in [0.4, 0.5) is 0 Å². The van der Waals surface area contributed by atoms with Gasteiger partial charge in [-0.15, -0.1) is 0 Å². The molecule has 0 atom stereocenters. The van der Waals surface area contributed by atoms with E-state index in [1.165, 1.54) is 0 Å². The normalized spacial score (nSPS) is 10.4. The third-order valence-corrected chi connectivity index (χ3v) is 3.34. The fraction of sp³-hybridized carbons (Fsp3) is 0.167. The van der Waals surface area contributed by atoms with Crippen molar-refractivity contribution in [1.82, 2.24) is 15.5 Å². The van der Waals surface area contributed by atoms with Gasteiger partial charge in [0.05, 0.1) is 12.2 Å². The van der Waals surface area contributed by atoms with Crippen molar-refractivity contribution in [3.05, 3.63) is 77.4 Å². The predicted octanol–water partition coefficient (Wildman–Crippen LogP) is 2.89. The number of amides is 1. The molecular formula is C18H17N3O3. The van der Waals surface area contributed by atoms with Gasteiger partial charge in [-0.25, -0.2) is 0 Å². The highest BCUT2D eigenvalue weighted by molar-refractivity contribution is 5.94. The molecule has 2 heterocycles. The van der Waals surface area contributed by atoms with Crippen molar-refractivity contribution in [1.29, 1.82) is 0 Å². The number of rotatable bonds is 6. The molecule has 0 radical (unpaired) electrons. The van der Waals surface area contributed by atoms with E-state index in [1.807, 2.05) is 25.1 Å². The summed E-state index contributed by atoms with van der Waals surface area (Å²) >= 11 is 0. The number of pyridine rings is 1. The number of hydrogen-bond donors (Lipinski definition) is 1. The molecule has 3 aromatic rings. The van der Waals surface area contributed by atoms with E-state index >= 15 is 0 Å². The Morgan fingerprint density at radius 2 is 2.00 bits per heavy atom. The second-order valence-corrected chi connectivity index (χ2v) is 5.25. The van der Waals surface area contributed by atoms with Gasteiger partial charge in [0.25, 0.3) is 5.91 Å². The maximum Gasteiger partial charge on any atom is 0.251 e. The van der Waals surface area contributed by atoms with Gasteiger partial charge < -0.3 is 14.6 Å². The maximum absolute atomic E-state index is 12.1. The summed E-state index contributed by atoms with van der Waals surface area (Å²) < 4.78 is 10.6. The van der Waals surface area contributed by atoms with E-state index < -0.39 is 0 Å². The van der Waals surface area contributed by atoms with E-state index in [0.717, 1.165) is 5.69 Å². The van der Waals surface area contributed by atoms with Gasteiger partial charge in [-0.3, -0.25) is 9.78 Å². The Bertz CT molecular complexity index is 798. The summed E-state index contributed by atoms with van der Waals surface area (Å²) in [6, 6.07) is 14.4. The van der Waals surface area contributed by atoms with E-state index in [1.54, 1.807) is 36.5 Å². The van der Waals surface area contributed by atoms with E-state index in [0.29, 0.717) is 35.9 Å². The van der Waals surface area contributed by atoms with Crippen molar-refractivity contribution in [2.24, 2.45) is 0 Å². The molecule has 0 bridgehead atoms. The topological polar surface area (TPSA) is 77.2 Å². The second-order valence-electron chi connectivity index (χ2n) is 5.25. The molecule has 0 spiro atoms. The average molecular weight is 323 g/mol. The van der Waals surface area contributed by atoms with Crippen molar-refractivity contribution in [3.63, 3.8) is 0 Å². The van der Waals surface area contributed by atoms with Gasteiger partial charge in [-0.1, -0.05) is 11.2 Å². The first kappa shape index (κ1) is 15.7. The van der Waals surface area contributed by atoms with Crippen LogP contribution in [-0.2, 0) is 13.2 Å². The minimum Gasteiger partial charge on any atom is -0.487 e. The van der Waals surface area contributed by atoms with Crippen LogP contribution in [0.5, 0.6) is 5.75 Å². The van der Waals surface area contributed by atoms with Gasteiger partial charge in [-0.2, -0.15) is 0 Å². The number of aryl methyl sites for hydroxylation is 1. The highest BCUT2D eigenvalue weighted by Crippen LogP contribution is 2.14. The molecule has 6 heteroatoms. The molecular weight excluding hydrogens is 306 g/mol. The first-order valence-corrected chi connectivity index (χ1v) is 7.54. The molecule has 122 valence electrons. The molecule has 0 unspecified atom stereocenters. The van der Waals surface area contributed by atoms with Crippen LogP contribution >= 0.6 is 0 Å². The zero-order valence-corrected chi connectivity index (χ0v) is 13.2. The summed E-state index contributed by atoms with van der Waals surface area (Å²) in [6.07, 6.45) is 1.72. The van der Waals surface area contributed by atoms with Crippen molar-refractivity contribution in [3.8, 4) is 5.75 Å². The molecule has 0 fully saturated rings. The number of carbonyl (C=O) groups excluding carboxylic acids is 1. The van der Waals surface area contributed by atoms with E-state index in [9.17, 15) is 4.79 Å². The largest absolute Gasteiger partial charge is 0.487 e. The molecule has 3 rings (SSSR count). The summed E-state index contributed by atoms with van der Waals surface area (Å²) in [5, 5.41) is 6.63. The Balaban J connectivity index is 1.52. The van der Waals surface area contributed by atoms with Crippen LogP contribution in [0.25, 0.3) is 0 Å². The second kappa shape index (κ2) is 7.41. The third-order valence-electron chi connectivity index (χ3n) is 3.34. The van der Waals surface area contributed by atoms with Crippen LogP contribution in [0.2, 0.25) is 0 Å². The molecule has 24 heavy (non-hydrogen) atoms. The monoisotopic (exact) mass is 323 g/mol. The lowest BCUT2D eigenvalue weighted by Gasteiger charge is -2.07. The molecule has 1 N–H and O–H groups in total. The van der Waals surface area contributed by atoms with Crippen LogP contribution in [0, 0.1) is 6.92 Å². The summed E-state index contributed by atoms with van der Waals surface area (Å²) in [5.41, 5.74) is 2.10. The van der Waals surface area contributed by atoms with Crippen molar-refractivity contribution in [2.75, 3.05) is 0 Å². The fourth-order valence-electron chi connectivity index (χ4n) is 2.12. The summed E-state index contributed by atoms with van der Waals surface area (Å²) in [4.78, 5) is 16.3. The number of aromatic nitrogens is 2. The maximum atomic E-state index is 12.1. The predicted molar refractivity (Wildman–Crippen MR) is 87.4 cm³/mol. The summed E-state index contributed by atoms with van der Waals surface area (Å²) in [7, 11) is 0.